The van der Waals surface area contributed by atoms with Gasteiger partial charge in [-0.3, -0.25) is 0 Å². The van der Waals surface area contributed by atoms with Crippen LogP contribution in [0.5, 0.6) is 11.5 Å². The maximum atomic E-state index is 5.32. The number of methoxy groups -OCH3 is 2. The third-order valence-corrected chi connectivity index (χ3v) is 4.04. The highest BCUT2D eigenvalue weighted by Gasteiger charge is 2.18. The van der Waals surface area contributed by atoms with Crippen LogP contribution >= 0.6 is 0 Å². The Morgan fingerprint density at radius 1 is 1.14 bits per heavy atom. The molecular weight excluding hydrogens is 276 g/mol. The molecule has 0 unspecified atom stereocenters. The number of likely N-dealkylation sites (tertiary alicyclic amines) is 1. The van der Waals surface area contributed by atoms with Crippen molar-refractivity contribution in [2.24, 2.45) is 0 Å². The van der Waals surface area contributed by atoms with E-state index in [9.17, 15) is 0 Å². The third-order valence-electron chi connectivity index (χ3n) is 4.04. The molecule has 0 aliphatic carbocycles. The monoisotopic (exact) mass is 302 g/mol. The van der Waals surface area contributed by atoms with E-state index in [2.05, 4.69) is 22.1 Å². The first kappa shape index (κ1) is 16.5. The zero-order valence-electron chi connectivity index (χ0n) is 13.8. The number of piperidine rings is 1. The van der Waals surface area contributed by atoms with E-state index < -0.39 is 0 Å². The van der Waals surface area contributed by atoms with E-state index in [4.69, 9.17) is 9.47 Å². The van der Waals surface area contributed by atoms with E-state index >= 15 is 0 Å². The van der Waals surface area contributed by atoms with Crippen LogP contribution in [0.15, 0.2) is 18.2 Å². The van der Waals surface area contributed by atoms with Gasteiger partial charge in [-0.15, -0.1) is 11.8 Å². The molecule has 0 bridgehead atoms. The molecule has 0 atom stereocenters. The quantitative estimate of drug-likeness (QED) is 0.819. The predicted molar refractivity (Wildman–Crippen MR) is 90.7 cm³/mol. The second-order valence-electron chi connectivity index (χ2n) is 5.54. The van der Waals surface area contributed by atoms with Crippen LogP contribution in [0.2, 0.25) is 0 Å². The van der Waals surface area contributed by atoms with Crippen LogP contribution < -0.4 is 14.8 Å². The van der Waals surface area contributed by atoms with Gasteiger partial charge in [-0.2, -0.15) is 0 Å². The lowest BCUT2D eigenvalue weighted by atomic mass is 10.0. The summed E-state index contributed by atoms with van der Waals surface area (Å²) < 4.78 is 10.6. The van der Waals surface area contributed by atoms with Gasteiger partial charge in [-0.05, 0) is 19.8 Å². The minimum atomic E-state index is 0.505. The van der Waals surface area contributed by atoms with Crippen LogP contribution in [0.4, 0.5) is 5.69 Å². The molecule has 1 aromatic rings. The van der Waals surface area contributed by atoms with Gasteiger partial charge in [0.05, 0.1) is 14.2 Å². The highest BCUT2D eigenvalue weighted by Crippen LogP contribution is 2.27. The standard InChI is InChI=1S/C18H26N2O2/c1-4-5-6-9-20-10-7-15(8-11-20)19-16-12-17(21-2)14-18(13-16)22-3/h12-15,19H,6-11H2,1-3H3. The van der Waals surface area contributed by atoms with Crippen molar-refractivity contribution in [2.75, 3.05) is 39.2 Å². The van der Waals surface area contributed by atoms with Gasteiger partial charge in [0.2, 0.25) is 0 Å². The maximum Gasteiger partial charge on any atom is 0.124 e. The van der Waals surface area contributed by atoms with Gasteiger partial charge in [-0.25, -0.2) is 0 Å². The lowest BCUT2D eigenvalue weighted by Crippen LogP contribution is -2.39. The minimum absolute atomic E-state index is 0.505. The Kier molecular flexibility index (Phi) is 6.42. The fraction of sp³-hybridized carbons (Fsp3) is 0.556. The average Bonchev–Trinajstić information content (AvgIpc) is 2.56. The van der Waals surface area contributed by atoms with Gasteiger partial charge in [0, 0.05) is 56.0 Å². The summed E-state index contributed by atoms with van der Waals surface area (Å²) >= 11 is 0. The van der Waals surface area contributed by atoms with Crippen molar-refractivity contribution in [3.05, 3.63) is 18.2 Å². The summed E-state index contributed by atoms with van der Waals surface area (Å²) in [5.41, 5.74) is 1.06. The van der Waals surface area contributed by atoms with Crippen molar-refractivity contribution in [1.29, 1.82) is 0 Å². The van der Waals surface area contributed by atoms with E-state index in [0.29, 0.717) is 6.04 Å². The van der Waals surface area contributed by atoms with Crippen LogP contribution in [0.3, 0.4) is 0 Å². The normalized spacial score (nSPS) is 15.8. The van der Waals surface area contributed by atoms with Crippen LogP contribution in [-0.2, 0) is 0 Å². The van der Waals surface area contributed by atoms with Gasteiger partial charge < -0.3 is 19.7 Å². The molecule has 0 aromatic heterocycles. The molecule has 1 saturated heterocycles. The molecule has 4 nitrogen and oxygen atoms in total. The van der Waals surface area contributed by atoms with Crippen molar-refractivity contribution in [3.63, 3.8) is 0 Å². The summed E-state index contributed by atoms with van der Waals surface area (Å²) in [6.45, 7) is 5.24. The van der Waals surface area contributed by atoms with Gasteiger partial charge in [0.25, 0.3) is 0 Å². The number of anilines is 1. The fourth-order valence-corrected chi connectivity index (χ4v) is 2.77. The molecule has 120 valence electrons. The molecule has 0 amide bonds. The first-order valence-electron chi connectivity index (χ1n) is 7.86. The predicted octanol–water partition coefficient (Wildman–Crippen LogP) is 2.99. The lowest BCUT2D eigenvalue weighted by molar-refractivity contribution is 0.224. The smallest absolute Gasteiger partial charge is 0.124 e. The largest absolute Gasteiger partial charge is 0.497 e. The van der Waals surface area contributed by atoms with Crippen molar-refractivity contribution < 1.29 is 9.47 Å². The summed E-state index contributed by atoms with van der Waals surface area (Å²) in [7, 11) is 3.35. The molecule has 1 fully saturated rings. The molecule has 1 heterocycles. The van der Waals surface area contributed by atoms with Gasteiger partial charge in [0.1, 0.15) is 11.5 Å². The first-order chi connectivity index (χ1) is 10.7. The highest BCUT2D eigenvalue weighted by molar-refractivity contribution is 5.54. The number of ether oxygens (including phenoxy) is 2. The number of benzene rings is 1. The maximum absolute atomic E-state index is 5.32. The summed E-state index contributed by atoms with van der Waals surface area (Å²) in [5.74, 6) is 7.73. The van der Waals surface area contributed by atoms with E-state index in [1.807, 2.05) is 25.1 Å². The number of nitrogens with one attached hydrogen (secondary N) is 1. The zero-order valence-corrected chi connectivity index (χ0v) is 13.8. The van der Waals surface area contributed by atoms with Crippen LogP contribution in [0.25, 0.3) is 0 Å². The Morgan fingerprint density at radius 2 is 1.77 bits per heavy atom. The summed E-state index contributed by atoms with van der Waals surface area (Å²) in [5, 5.41) is 3.60. The molecule has 2 rings (SSSR count). The Labute approximate surface area is 133 Å². The van der Waals surface area contributed by atoms with Crippen molar-refractivity contribution >= 4 is 5.69 Å². The molecule has 1 aliphatic heterocycles. The van der Waals surface area contributed by atoms with E-state index in [1.54, 1.807) is 14.2 Å². The average molecular weight is 302 g/mol. The molecule has 0 spiro atoms. The lowest BCUT2D eigenvalue weighted by Gasteiger charge is -2.32. The third kappa shape index (κ3) is 4.85. The van der Waals surface area contributed by atoms with Crippen molar-refractivity contribution in [1.82, 2.24) is 4.90 Å². The van der Waals surface area contributed by atoms with Crippen LogP contribution in [0, 0.1) is 11.8 Å². The van der Waals surface area contributed by atoms with Gasteiger partial charge >= 0.3 is 0 Å². The van der Waals surface area contributed by atoms with Gasteiger partial charge in [0.15, 0.2) is 0 Å². The van der Waals surface area contributed by atoms with E-state index in [-0.39, 0.29) is 0 Å². The first-order valence-corrected chi connectivity index (χ1v) is 7.86. The molecule has 0 radical (unpaired) electrons. The van der Waals surface area contributed by atoms with Crippen LogP contribution in [0.1, 0.15) is 26.2 Å². The Bertz CT molecular complexity index is 503. The topological polar surface area (TPSA) is 33.7 Å². The second-order valence-corrected chi connectivity index (χ2v) is 5.54. The summed E-state index contributed by atoms with van der Waals surface area (Å²) in [6, 6.07) is 6.44. The molecule has 22 heavy (non-hydrogen) atoms. The molecular formula is C18H26N2O2. The molecule has 0 saturated carbocycles. The molecule has 1 aromatic carbocycles. The minimum Gasteiger partial charge on any atom is -0.497 e. The Balaban J connectivity index is 1.86. The summed E-state index contributed by atoms with van der Waals surface area (Å²) in [4.78, 5) is 2.49. The Morgan fingerprint density at radius 3 is 2.32 bits per heavy atom. The van der Waals surface area contributed by atoms with Gasteiger partial charge in [-0.1, -0.05) is 0 Å². The molecule has 1 aliphatic rings. The SMILES string of the molecule is CC#CCCN1CCC(Nc2cc(OC)cc(OC)c2)CC1. The van der Waals surface area contributed by atoms with E-state index in [1.165, 1.54) is 0 Å². The van der Waals surface area contributed by atoms with Crippen molar-refractivity contribution in [3.8, 4) is 23.3 Å². The second kappa shape index (κ2) is 8.55. The number of rotatable bonds is 6. The molecule has 1 N–H and O–H groups in total. The zero-order chi connectivity index (χ0) is 15.8. The Hall–Kier alpha value is -1.86. The molecule has 4 heteroatoms. The number of hydrogen-bond donors (Lipinski definition) is 1. The highest BCUT2D eigenvalue weighted by atomic mass is 16.5. The number of nitrogens with zero attached hydrogens (tertiary/aromatic N) is 1. The van der Waals surface area contributed by atoms with E-state index in [0.717, 1.165) is 56.1 Å². The van der Waals surface area contributed by atoms with Crippen LogP contribution in [-0.4, -0.2) is 44.8 Å². The number of hydrogen-bond acceptors (Lipinski definition) is 4. The summed E-state index contributed by atoms with van der Waals surface area (Å²) in [6.07, 6.45) is 3.28. The van der Waals surface area contributed by atoms with Crippen molar-refractivity contribution in [2.45, 2.75) is 32.2 Å². The fourth-order valence-electron chi connectivity index (χ4n) is 2.77.